The fourth-order valence-corrected chi connectivity index (χ4v) is 5.47. The smallest absolute Gasteiger partial charge is 0.341 e. The fraction of sp³-hybridized carbons (Fsp3) is 0.391. The third-order valence-electron chi connectivity index (χ3n) is 5.45. The molecule has 4 rings (SSSR count). The first-order chi connectivity index (χ1) is 13.7. The number of aryl methyl sites for hydroxylation is 1. The molecule has 0 fully saturated rings. The number of hydrogen-bond donors (Lipinski definition) is 1. The van der Waals surface area contributed by atoms with Crippen LogP contribution in [0.5, 0.6) is 0 Å². The van der Waals surface area contributed by atoms with E-state index in [0.29, 0.717) is 18.6 Å². The summed E-state index contributed by atoms with van der Waals surface area (Å²) in [5.41, 5.74) is 3.88. The predicted octanol–water partition coefficient (Wildman–Crippen LogP) is 5.25. The molecule has 0 spiro atoms. The van der Waals surface area contributed by atoms with Gasteiger partial charge in [-0.2, -0.15) is 0 Å². The summed E-state index contributed by atoms with van der Waals surface area (Å²) in [6.07, 6.45) is 7.19. The lowest BCUT2D eigenvalue weighted by molar-refractivity contribution is -0.115. The van der Waals surface area contributed by atoms with Gasteiger partial charge in [0.15, 0.2) is 5.78 Å². The van der Waals surface area contributed by atoms with Crippen LogP contribution in [0.3, 0.4) is 0 Å². The van der Waals surface area contributed by atoms with Crippen molar-refractivity contribution in [1.29, 1.82) is 0 Å². The van der Waals surface area contributed by atoms with E-state index in [0.717, 1.165) is 48.4 Å². The Morgan fingerprint density at radius 1 is 1.18 bits per heavy atom. The Morgan fingerprint density at radius 3 is 2.75 bits per heavy atom. The van der Waals surface area contributed by atoms with Gasteiger partial charge in [-0.3, -0.25) is 4.79 Å². The Hall–Kier alpha value is -2.40. The maximum absolute atomic E-state index is 12.6. The SMILES string of the molecule is CCOC(=O)c1c(NC2=CC(=O)C[C@H](c3ccccc3)C2)sc2c1CCCC2. The minimum atomic E-state index is -0.258. The van der Waals surface area contributed by atoms with E-state index in [4.69, 9.17) is 4.74 Å². The second kappa shape index (κ2) is 8.31. The van der Waals surface area contributed by atoms with Gasteiger partial charge >= 0.3 is 5.97 Å². The Kier molecular flexibility index (Phi) is 5.62. The second-order valence-corrected chi connectivity index (χ2v) is 8.52. The van der Waals surface area contributed by atoms with Gasteiger partial charge in [-0.15, -0.1) is 11.3 Å². The summed E-state index contributed by atoms with van der Waals surface area (Å²) < 4.78 is 5.34. The van der Waals surface area contributed by atoms with Crippen LogP contribution in [0.1, 0.15) is 64.9 Å². The average molecular weight is 396 g/mol. The van der Waals surface area contributed by atoms with Crippen LogP contribution in [0.25, 0.3) is 0 Å². The van der Waals surface area contributed by atoms with Crippen LogP contribution < -0.4 is 5.32 Å². The first kappa shape index (κ1) is 18.9. The number of thiophene rings is 1. The molecular formula is C23H25NO3S. The summed E-state index contributed by atoms with van der Waals surface area (Å²) >= 11 is 1.64. The monoisotopic (exact) mass is 395 g/mol. The van der Waals surface area contributed by atoms with Crippen molar-refractivity contribution in [3.63, 3.8) is 0 Å². The zero-order valence-corrected chi connectivity index (χ0v) is 16.9. The van der Waals surface area contributed by atoms with E-state index in [2.05, 4.69) is 17.4 Å². The second-order valence-electron chi connectivity index (χ2n) is 7.41. The number of allylic oxidation sites excluding steroid dienone is 2. The highest BCUT2D eigenvalue weighted by molar-refractivity contribution is 7.16. The van der Waals surface area contributed by atoms with Gasteiger partial charge in [0.05, 0.1) is 12.2 Å². The first-order valence-electron chi connectivity index (χ1n) is 10.0. The maximum atomic E-state index is 12.6. The molecule has 28 heavy (non-hydrogen) atoms. The summed E-state index contributed by atoms with van der Waals surface area (Å²) in [5.74, 6) is 0.0372. The topological polar surface area (TPSA) is 55.4 Å². The van der Waals surface area contributed by atoms with Crippen LogP contribution in [-0.2, 0) is 22.4 Å². The number of benzene rings is 1. The van der Waals surface area contributed by atoms with Gasteiger partial charge in [0.25, 0.3) is 0 Å². The van der Waals surface area contributed by atoms with Crippen molar-refractivity contribution in [2.75, 3.05) is 11.9 Å². The fourth-order valence-electron chi connectivity index (χ4n) is 4.16. The van der Waals surface area contributed by atoms with Gasteiger partial charge in [0, 0.05) is 23.1 Å². The minimum Gasteiger partial charge on any atom is -0.462 e. The van der Waals surface area contributed by atoms with Crippen LogP contribution in [0, 0.1) is 0 Å². The zero-order valence-electron chi connectivity index (χ0n) is 16.1. The third-order valence-corrected chi connectivity index (χ3v) is 6.65. The van der Waals surface area contributed by atoms with Crippen molar-refractivity contribution in [2.45, 2.75) is 51.4 Å². The van der Waals surface area contributed by atoms with Crippen molar-refractivity contribution in [1.82, 2.24) is 0 Å². The number of hydrogen-bond acceptors (Lipinski definition) is 5. The van der Waals surface area contributed by atoms with Crippen molar-refractivity contribution in [3.8, 4) is 0 Å². The molecule has 1 heterocycles. The number of esters is 1. The Balaban J connectivity index is 1.62. The molecular weight excluding hydrogens is 370 g/mol. The average Bonchev–Trinajstić information content (AvgIpc) is 3.06. The normalized spacial score (nSPS) is 19.0. The lowest BCUT2D eigenvalue weighted by Crippen LogP contribution is -2.17. The molecule has 0 saturated carbocycles. The molecule has 2 aromatic rings. The number of ether oxygens (including phenoxy) is 1. The largest absolute Gasteiger partial charge is 0.462 e. The number of carbonyl (C=O) groups is 2. The van der Waals surface area contributed by atoms with E-state index in [1.165, 1.54) is 10.4 Å². The molecule has 2 aliphatic rings. The minimum absolute atomic E-state index is 0.126. The van der Waals surface area contributed by atoms with Crippen molar-refractivity contribution >= 4 is 28.1 Å². The van der Waals surface area contributed by atoms with Gasteiger partial charge in [-0.25, -0.2) is 4.79 Å². The molecule has 0 amide bonds. The molecule has 4 nitrogen and oxygen atoms in total. The van der Waals surface area contributed by atoms with Gasteiger partial charge in [-0.05, 0) is 56.1 Å². The van der Waals surface area contributed by atoms with E-state index in [9.17, 15) is 9.59 Å². The molecule has 0 radical (unpaired) electrons. The third kappa shape index (κ3) is 3.90. The molecule has 146 valence electrons. The quantitative estimate of drug-likeness (QED) is 0.703. The van der Waals surface area contributed by atoms with Crippen LogP contribution in [0.15, 0.2) is 42.1 Å². The van der Waals surface area contributed by atoms with Crippen molar-refractivity contribution < 1.29 is 14.3 Å². The highest BCUT2D eigenvalue weighted by atomic mass is 32.1. The van der Waals surface area contributed by atoms with E-state index < -0.39 is 0 Å². The molecule has 0 bridgehead atoms. The lowest BCUT2D eigenvalue weighted by atomic mass is 9.85. The standard InChI is InChI=1S/C23H25NO3S/c1-2-27-23(26)21-19-10-6-7-11-20(19)28-22(21)24-17-12-16(13-18(25)14-17)15-8-4-3-5-9-15/h3-5,8-9,14,16,24H,2,6-7,10-13H2,1H3/t16-/m1/s1. The lowest BCUT2D eigenvalue weighted by Gasteiger charge is -2.23. The molecule has 1 N–H and O–H groups in total. The van der Waals surface area contributed by atoms with Gasteiger partial charge < -0.3 is 10.1 Å². The number of nitrogens with one attached hydrogen (secondary N) is 1. The van der Waals surface area contributed by atoms with E-state index in [1.54, 1.807) is 17.4 Å². The molecule has 5 heteroatoms. The van der Waals surface area contributed by atoms with Crippen LogP contribution in [0.2, 0.25) is 0 Å². The van der Waals surface area contributed by atoms with Crippen LogP contribution in [-0.4, -0.2) is 18.4 Å². The molecule has 0 aliphatic heterocycles. The maximum Gasteiger partial charge on any atom is 0.341 e. The van der Waals surface area contributed by atoms with E-state index >= 15 is 0 Å². The predicted molar refractivity (Wildman–Crippen MR) is 112 cm³/mol. The zero-order chi connectivity index (χ0) is 19.5. The van der Waals surface area contributed by atoms with Gasteiger partial charge in [0.1, 0.15) is 5.00 Å². The number of fused-ring (bicyclic) bond motifs is 1. The summed E-state index contributed by atoms with van der Waals surface area (Å²) in [7, 11) is 0. The Bertz CT molecular complexity index is 913. The highest BCUT2D eigenvalue weighted by Gasteiger charge is 2.28. The molecule has 1 aromatic carbocycles. The summed E-state index contributed by atoms with van der Waals surface area (Å²) in [6.45, 7) is 2.19. The number of anilines is 1. The van der Waals surface area contributed by atoms with Crippen LogP contribution in [0.4, 0.5) is 5.00 Å². The number of carbonyl (C=O) groups excluding carboxylic acids is 2. The van der Waals surface area contributed by atoms with Gasteiger partial charge in [-0.1, -0.05) is 30.3 Å². The van der Waals surface area contributed by atoms with E-state index in [1.807, 2.05) is 25.1 Å². The molecule has 2 aliphatic carbocycles. The molecule has 1 aromatic heterocycles. The Morgan fingerprint density at radius 2 is 1.96 bits per heavy atom. The van der Waals surface area contributed by atoms with Crippen molar-refractivity contribution in [2.24, 2.45) is 0 Å². The van der Waals surface area contributed by atoms with Crippen molar-refractivity contribution in [3.05, 3.63) is 63.7 Å². The van der Waals surface area contributed by atoms with E-state index in [-0.39, 0.29) is 17.7 Å². The number of ketones is 1. The summed E-state index contributed by atoms with van der Waals surface area (Å²) in [5, 5.41) is 4.27. The van der Waals surface area contributed by atoms with Gasteiger partial charge in [0.2, 0.25) is 0 Å². The Labute approximate surface area is 169 Å². The number of rotatable bonds is 5. The first-order valence-corrected chi connectivity index (χ1v) is 10.8. The molecule has 0 unspecified atom stereocenters. The molecule has 1 atom stereocenters. The highest BCUT2D eigenvalue weighted by Crippen LogP contribution is 2.40. The molecule has 0 saturated heterocycles. The van der Waals surface area contributed by atoms with Crippen LogP contribution >= 0.6 is 11.3 Å². The summed E-state index contributed by atoms with van der Waals surface area (Å²) in [4.78, 5) is 26.3. The summed E-state index contributed by atoms with van der Waals surface area (Å²) in [6, 6.07) is 10.2.